The van der Waals surface area contributed by atoms with E-state index in [2.05, 4.69) is 25.8 Å². The van der Waals surface area contributed by atoms with Gasteiger partial charge >= 0.3 is 6.18 Å². The molecular formula is C27H28F3N7O. The molecule has 0 amide bonds. The number of anilines is 3. The van der Waals surface area contributed by atoms with Gasteiger partial charge in [-0.3, -0.25) is 10.4 Å². The first-order chi connectivity index (χ1) is 18.2. The van der Waals surface area contributed by atoms with Gasteiger partial charge in [0.25, 0.3) is 0 Å². The number of aromatic nitrogens is 2. The first-order valence-electron chi connectivity index (χ1n) is 12.5. The summed E-state index contributed by atoms with van der Waals surface area (Å²) >= 11 is 0. The molecule has 2 N–H and O–H groups in total. The average molecular weight is 524 g/mol. The highest BCUT2D eigenvalue weighted by molar-refractivity contribution is 5.81. The van der Waals surface area contributed by atoms with Crippen LogP contribution in [-0.4, -0.2) is 36.7 Å². The van der Waals surface area contributed by atoms with Crippen LogP contribution in [0.25, 0.3) is 11.3 Å². The monoisotopic (exact) mass is 523 g/mol. The van der Waals surface area contributed by atoms with Crippen molar-refractivity contribution in [2.24, 2.45) is 5.92 Å². The first-order valence-corrected chi connectivity index (χ1v) is 12.5. The number of piperidine rings is 1. The van der Waals surface area contributed by atoms with E-state index in [4.69, 9.17) is 4.74 Å². The van der Waals surface area contributed by atoms with Gasteiger partial charge in [0.1, 0.15) is 23.3 Å². The lowest BCUT2D eigenvalue weighted by Crippen LogP contribution is -2.34. The number of benzene rings is 1. The number of hydrazine groups is 2. The molecule has 38 heavy (non-hydrogen) atoms. The second-order valence-corrected chi connectivity index (χ2v) is 9.63. The van der Waals surface area contributed by atoms with Crippen LogP contribution in [0.15, 0.2) is 42.6 Å². The fraction of sp³-hybridized carbons (Fsp3) is 0.370. The van der Waals surface area contributed by atoms with Crippen LogP contribution in [0.4, 0.5) is 30.4 Å². The standard InChI is InChI=1S/C27H28F3N7O/c1-17-3-6-25(32-16-17)37-10-7-18(8-11-37)9-12-38-24-5-4-19(13-20(24)27(28,29)30)21-14-23-26(22(15-31)33-21)34-35-36(23)2/h3-6,13-14,16,18,34-35H,7-12H2,1-2H3. The van der Waals surface area contributed by atoms with Crippen LogP contribution in [-0.2, 0) is 6.18 Å². The maximum absolute atomic E-state index is 14.0. The molecule has 3 aromatic rings. The van der Waals surface area contributed by atoms with Gasteiger partial charge in [-0.2, -0.15) is 18.4 Å². The molecule has 0 bridgehead atoms. The van der Waals surface area contributed by atoms with E-state index >= 15 is 0 Å². The van der Waals surface area contributed by atoms with E-state index in [0.29, 0.717) is 23.7 Å². The third-order valence-corrected chi connectivity index (χ3v) is 7.01. The molecule has 4 heterocycles. The lowest BCUT2D eigenvalue weighted by Gasteiger charge is -2.32. The number of fused-ring (bicyclic) bond motifs is 1. The van der Waals surface area contributed by atoms with E-state index in [1.165, 1.54) is 6.07 Å². The van der Waals surface area contributed by atoms with Crippen molar-refractivity contribution in [2.45, 2.75) is 32.4 Å². The van der Waals surface area contributed by atoms with Crippen LogP contribution in [0.1, 0.15) is 36.1 Å². The van der Waals surface area contributed by atoms with Crippen molar-refractivity contribution in [1.29, 1.82) is 5.26 Å². The summed E-state index contributed by atoms with van der Waals surface area (Å²) in [5.41, 5.74) is 7.64. The zero-order chi connectivity index (χ0) is 26.9. The number of aryl methyl sites for hydroxylation is 1. The Hall–Kier alpha value is -4.04. The fourth-order valence-electron chi connectivity index (χ4n) is 4.82. The van der Waals surface area contributed by atoms with Gasteiger partial charge in [0.2, 0.25) is 0 Å². The van der Waals surface area contributed by atoms with E-state index in [1.54, 1.807) is 24.2 Å². The summed E-state index contributed by atoms with van der Waals surface area (Å²) in [6.07, 6.45) is -0.194. The SMILES string of the molecule is Cc1ccc(N2CCC(CCOc3ccc(-c4cc5c(c(C#N)n4)NNN5C)cc3C(F)(F)F)CC2)nc1. The Morgan fingerprint density at radius 1 is 1.16 bits per heavy atom. The van der Waals surface area contributed by atoms with Crippen LogP contribution in [0.3, 0.4) is 0 Å². The Morgan fingerprint density at radius 2 is 1.95 bits per heavy atom. The summed E-state index contributed by atoms with van der Waals surface area (Å²) in [5, 5.41) is 11.1. The van der Waals surface area contributed by atoms with Crippen molar-refractivity contribution >= 4 is 17.2 Å². The molecule has 8 nitrogen and oxygen atoms in total. The predicted molar refractivity (Wildman–Crippen MR) is 139 cm³/mol. The predicted octanol–water partition coefficient (Wildman–Crippen LogP) is 5.31. The van der Waals surface area contributed by atoms with E-state index in [9.17, 15) is 18.4 Å². The van der Waals surface area contributed by atoms with E-state index < -0.39 is 11.7 Å². The summed E-state index contributed by atoms with van der Waals surface area (Å²) in [5.74, 6) is 1.13. The van der Waals surface area contributed by atoms with Gasteiger partial charge in [-0.25, -0.2) is 9.97 Å². The number of nitrogens with one attached hydrogen (secondary N) is 2. The number of nitrogens with zero attached hydrogens (tertiary/aromatic N) is 5. The number of hydrogen-bond acceptors (Lipinski definition) is 8. The highest BCUT2D eigenvalue weighted by Crippen LogP contribution is 2.40. The second kappa shape index (κ2) is 10.4. The maximum atomic E-state index is 14.0. The molecule has 0 radical (unpaired) electrons. The smallest absolute Gasteiger partial charge is 0.419 e. The van der Waals surface area contributed by atoms with Gasteiger partial charge in [-0.15, -0.1) is 5.53 Å². The van der Waals surface area contributed by atoms with Crippen molar-refractivity contribution in [3.8, 4) is 23.1 Å². The molecule has 0 spiro atoms. The highest BCUT2D eigenvalue weighted by atomic mass is 19.4. The van der Waals surface area contributed by atoms with E-state index in [-0.39, 0.29) is 29.3 Å². The zero-order valence-electron chi connectivity index (χ0n) is 21.1. The molecule has 1 saturated heterocycles. The van der Waals surface area contributed by atoms with Crippen molar-refractivity contribution in [3.63, 3.8) is 0 Å². The van der Waals surface area contributed by atoms with Crippen LogP contribution < -0.4 is 25.6 Å². The first kappa shape index (κ1) is 25.6. The minimum atomic E-state index is -4.60. The molecule has 0 unspecified atom stereocenters. The van der Waals surface area contributed by atoms with Crippen LogP contribution >= 0.6 is 0 Å². The number of hydrogen-bond donors (Lipinski definition) is 2. The van der Waals surface area contributed by atoms with Gasteiger partial charge in [-0.05, 0) is 68.0 Å². The number of pyridine rings is 2. The third-order valence-electron chi connectivity index (χ3n) is 7.01. The number of halogens is 3. The molecule has 2 aromatic heterocycles. The van der Waals surface area contributed by atoms with Crippen LogP contribution in [0.2, 0.25) is 0 Å². The minimum absolute atomic E-state index is 0.0902. The average Bonchev–Trinajstić information content (AvgIpc) is 3.29. The van der Waals surface area contributed by atoms with Crippen molar-refractivity contribution < 1.29 is 17.9 Å². The summed E-state index contributed by atoms with van der Waals surface area (Å²) < 4.78 is 47.6. The van der Waals surface area contributed by atoms with Crippen molar-refractivity contribution in [2.75, 3.05) is 42.1 Å². The summed E-state index contributed by atoms with van der Waals surface area (Å²) in [6.45, 7) is 3.93. The van der Waals surface area contributed by atoms with Gasteiger partial charge in [-0.1, -0.05) is 6.07 Å². The lowest BCUT2D eigenvalue weighted by atomic mass is 9.94. The molecule has 11 heteroatoms. The van der Waals surface area contributed by atoms with Gasteiger partial charge in [0.05, 0.1) is 23.6 Å². The Kier molecular flexibility index (Phi) is 6.99. The molecule has 1 aromatic carbocycles. The number of rotatable bonds is 6. The van der Waals surface area contributed by atoms with Gasteiger partial charge in [0, 0.05) is 31.9 Å². The Balaban J connectivity index is 1.26. The molecule has 0 saturated carbocycles. The molecule has 2 aliphatic heterocycles. The Morgan fingerprint density at radius 3 is 2.63 bits per heavy atom. The lowest BCUT2D eigenvalue weighted by molar-refractivity contribution is -0.138. The number of ether oxygens (including phenoxy) is 1. The van der Waals surface area contributed by atoms with Crippen LogP contribution in [0.5, 0.6) is 5.75 Å². The fourth-order valence-corrected chi connectivity index (χ4v) is 4.82. The quantitative estimate of drug-likeness (QED) is 0.450. The number of alkyl halides is 3. The van der Waals surface area contributed by atoms with Crippen molar-refractivity contribution in [3.05, 3.63) is 59.4 Å². The summed E-state index contributed by atoms with van der Waals surface area (Å²) in [7, 11) is 1.73. The molecule has 1 fully saturated rings. The van der Waals surface area contributed by atoms with Crippen LogP contribution in [0, 0.1) is 24.2 Å². The van der Waals surface area contributed by atoms with Gasteiger partial charge in [0.15, 0.2) is 5.69 Å². The number of nitriles is 1. The van der Waals surface area contributed by atoms with Gasteiger partial charge < -0.3 is 9.64 Å². The molecule has 0 atom stereocenters. The molecule has 0 aliphatic carbocycles. The second-order valence-electron chi connectivity index (χ2n) is 9.63. The molecule has 5 rings (SSSR count). The topological polar surface area (TPSA) is 89.3 Å². The maximum Gasteiger partial charge on any atom is 0.419 e. The van der Waals surface area contributed by atoms with E-state index in [0.717, 1.165) is 43.4 Å². The van der Waals surface area contributed by atoms with E-state index in [1.807, 2.05) is 31.3 Å². The molecule has 2 aliphatic rings. The zero-order valence-corrected chi connectivity index (χ0v) is 21.1. The molecule has 198 valence electrons. The third kappa shape index (κ3) is 5.31. The van der Waals surface area contributed by atoms with Crippen molar-refractivity contribution in [1.82, 2.24) is 15.5 Å². The minimum Gasteiger partial charge on any atom is -0.493 e. The Bertz CT molecular complexity index is 1350. The summed E-state index contributed by atoms with van der Waals surface area (Å²) in [4.78, 5) is 11.0. The largest absolute Gasteiger partial charge is 0.493 e. The normalized spacial score (nSPS) is 15.7. The molecular weight excluding hydrogens is 495 g/mol. The highest BCUT2D eigenvalue weighted by Gasteiger charge is 2.35. The summed E-state index contributed by atoms with van der Waals surface area (Å²) in [6, 6.07) is 11.6. The Labute approximate surface area is 219 Å².